The number of hydrogen-bond donors (Lipinski definition) is 1. The Bertz CT molecular complexity index is 575. The van der Waals surface area contributed by atoms with Gasteiger partial charge in [-0.15, -0.1) is 0 Å². The molecule has 0 atom stereocenters. The Morgan fingerprint density at radius 2 is 2.00 bits per heavy atom. The van der Waals surface area contributed by atoms with Crippen molar-refractivity contribution in [2.24, 2.45) is 5.10 Å². The van der Waals surface area contributed by atoms with E-state index in [1.165, 1.54) is 5.01 Å². The molecule has 108 valence electrons. The SMILES string of the molecule is O=C(NC1=NN(c2ccc(Cl)c(Cl)c2)CC1)C(F)(F)F. The number of halogens is 5. The van der Waals surface area contributed by atoms with Crippen LogP contribution >= 0.6 is 23.2 Å². The van der Waals surface area contributed by atoms with E-state index in [-0.39, 0.29) is 12.3 Å². The van der Waals surface area contributed by atoms with Crippen LogP contribution in [-0.4, -0.2) is 24.5 Å². The number of nitrogens with zero attached hydrogens (tertiary/aromatic N) is 2. The highest BCUT2D eigenvalue weighted by Gasteiger charge is 2.39. The zero-order chi connectivity index (χ0) is 14.9. The van der Waals surface area contributed by atoms with Gasteiger partial charge in [0.05, 0.1) is 15.7 Å². The molecule has 0 aromatic heterocycles. The Hall–Kier alpha value is -1.47. The van der Waals surface area contributed by atoms with Crippen molar-refractivity contribution in [3.8, 4) is 0 Å². The second-order valence-electron chi connectivity index (χ2n) is 3.97. The second kappa shape index (κ2) is 5.49. The summed E-state index contributed by atoms with van der Waals surface area (Å²) < 4.78 is 36.3. The molecule has 9 heteroatoms. The topological polar surface area (TPSA) is 44.7 Å². The molecule has 0 radical (unpaired) electrons. The van der Waals surface area contributed by atoms with Crippen molar-refractivity contribution in [3.63, 3.8) is 0 Å². The number of nitrogens with one attached hydrogen (secondary N) is 1. The number of anilines is 1. The first-order valence-corrected chi connectivity index (χ1v) is 6.21. The van der Waals surface area contributed by atoms with Crippen LogP contribution in [0.15, 0.2) is 23.3 Å². The van der Waals surface area contributed by atoms with Crippen molar-refractivity contribution in [1.29, 1.82) is 0 Å². The van der Waals surface area contributed by atoms with E-state index in [4.69, 9.17) is 23.2 Å². The van der Waals surface area contributed by atoms with E-state index in [2.05, 4.69) is 5.10 Å². The standard InChI is InChI=1S/C11H8Cl2F3N3O/c12-7-2-1-6(5-8(7)13)19-4-3-9(18-19)17-10(20)11(14,15)16/h1-2,5H,3-4H2,(H,17,18,20). The van der Waals surface area contributed by atoms with Crippen molar-refractivity contribution in [1.82, 2.24) is 5.32 Å². The Morgan fingerprint density at radius 3 is 2.60 bits per heavy atom. The van der Waals surface area contributed by atoms with Crippen molar-refractivity contribution in [2.45, 2.75) is 12.6 Å². The Morgan fingerprint density at radius 1 is 1.30 bits per heavy atom. The van der Waals surface area contributed by atoms with Gasteiger partial charge >= 0.3 is 12.1 Å². The summed E-state index contributed by atoms with van der Waals surface area (Å²) in [5.41, 5.74) is 0.579. The molecule has 1 amide bonds. The summed E-state index contributed by atoms with van der Waals surface area (Å²) in [6.07, 6.45) is -4.73. The van der Waals surface area contributed by atoms with Gasteiger partial charge in [-0.2, -0.15) is 18.3 Å². The van der Waals surface area contributed by atoms with Gasteiger partial charge in [-0.3, -0.25) is 9.80 Å². The summed E-state index contributed by atoms with van der Waals surface area (Å²) in [6.45, 7) is 0.339. The van der Waals surface area contributed by atoms with Gasteiger partial charge in [-0.1, -0.05) is 23.2 Å². The zero-order valence-corrected chi connectivity index (χ0v) is 11.4. The van der Waals surface area contributed by atoms with Crippen LogP contribution in [0.1, 0.15) is 6.42 Å². The smallest absolute Gasteiger partial charge is 0.305 e. The molecule has 1 aromatic rings. The Kier molecular flexibility index (Phi) is 4.10. The average molecular weight is 326 g/mol. The third-order valence-corrected chi connectivity index (χ3v) is 3.26. The fourth-order valence-electron chi connectivity index (χ4n) is 1.58. The van der Waals surface area contributed by atoms with Crippen LogP contribution in [0.25, 0.3) is 0 Å². The van der Waals surface area contributed by atoms with Gasteiger partial charge in [0.15, 0.2) is 0 Å². The summed E-state index contributed by atoms with van der Waals surface area (Å²) in [5, 5.41) is 7.74. The highest BCUT2D eigenvalue weighted by molar-refractivity contribution is 6.42. The van der Waals surface area contributed by atoms with Gasteiger partial charge in [-0.25, -0.2) is 0 Å². The van der Waals surface area contributed by atoms with Crippen molar-refractivity contribution in [3.05, 3.63) is 28.2 Å². The molecule has 1 aliphatic rings. The van der Waals surface area contributed by atoms with Gasteiger partial charge in [0.25, 0.3) is 0 Å². The van der Waals surface area contributed by atoms with E-state index in [9.17, 15) is 18.0 Å². The summed E-state index contributed by atoms with van der Waals surface area (Å²) in [4.78, 5) is 10.8. The van der Waals surface area contributed by atoms with Crippen molar-refractivity contribution >= 4 is 40.6 Å². The average Bonchev–Trinajstić information content (AvgIpc) is 2.80. The quantitative estimate of drug-likeness (QED) is 0.861. The number of amidine groups is 1. The molecular weight excluding hydrogens is 318 g/mol. The van der Waals surface area contributed by atoms with E-state index in [0.29, 0.717) is 22.3 Å². The first-order chi connectivity index (χ1) is 9.27. The van der Waals surface area contributed by atoms with E-state index in [0.717, 1.165) is 0 Å². The van der Waals surface area contributed by atoms with Crippen LogP contribution in [-0.2, 0) is 4.79 Å². The highest BCUT2D eigenvalue weighted by atomic mass is 35.5. The molecular formula is C11H8Cl2F3N3O. The lowest BCUT2D eigenvalue weighted by atomic mass is 10.3. The zero-order valence-electron chi connectivity index (χ0n) is 9.84. The first-order valence-electron chi connectivity index (χ1n) is 5.45. The molecule has 4 nitrogen and oxygen atoms in total. The molecule has 1 heterocycles. The molecule has 0 bridgehead atoms. The molecule has 2 rings (SSSR count). The predicted molar refractivity (Wildman–Crippen MR) is 70.1 cm³/mol. The molecule has 1 N–H and O–H groups in total. The fraction of sp³-hybridized carbons (Fsp3) is 0.273. The van der Waals surface area contributed by atoms with Crippen LogP contribution < -0.4 is 10.3 Å². The first kappa shape index (κ1) is 14.9. The van der Waals surface area contributed by atoms with Crippen LogP contribution in [0.2, 0.25) is 10.0 Å². The van der Waals surface area contributed by atoms with Crippen LogP contribution in [0.3, 0.4) is 0 Å². The van der Waals surface area contributed by atoms with E-state index >= 15 is 0 Å². The molecule has 0 spiro atoms. The minimum absolute atomic E-state index is 0.0432. The molecule has 0 aliphatic carbocycles. The van der Waals surface area contributed by atoms with Crippen LogP contribution in [0, 0.1) is 0 Å². The number of carbonyl (C=O) groups excluding carboxylic acids is 1. The maximum absolute atomic E-state index is 12.1. The number of carbonyl (C=O) groups is 1. The van der Waals surface area contributed by atoms with Crippen LogP contribution in [0.4, 0.5) is 18.9 Å². The Labute approximate surface area is 122 Å². The summed E-state index contributed by atoms with van der Waals surface area (Å²) in [6, 6.07) is 4.73. The number of hydrogen-bond acceptors (Lipinski definition) is 3. The monoisotopic (exact) mass is 325 g/mol. The molecule has 0 saturated heterocycles. The number of alkyl halides is 3. The second-order valence-corrected chi connectivity index (χ2v) is 4.78. The number of rotatable bonds is 1. The normalized spacial score (nSPS) is 15.2. The largest absolute Gasteiger partial charge is 0.471 e. The molecule has 20 heavy (non-hydrogen) atoms. The maximum Gasteiger partial charge on any atom is 0.471 e. The summed E-state index contributed by atoms with van der Waals surface area (Å²) in [5.74, 6) is -2.08. The fourth-order valence-corrected chi connectivity index (χ4v) is 1.87. The van der Waals surface area contributed by atoms with E-state index in [1.807, 2.05) is 0 Å². The Balaban J connectivity index is 2.10. The van der Waals surface area contributed by atoms with E-state index in [1.54, 1.807) is 23.5 Å². The minimum atomic E-state index is -4.93. The lowest BCUT2D eigenvalue weighted by Gasteiger charge is -2.13. The van der Waals surface area contributed by atoms with E-state index < -0.39 is 12.1 Å². The maximum atomic E-state index is 12.1. The third kappa shape index (κ3) is 3.34. The van der Waals surface area contributed by atoms with Gasteiger partial charge in [0, 0.05) is 13.0 Å². The molecule has 1 aliphatic heterocycles. The van der Waals surface area contributed by atoms with Crippen LogP contribution in [0.5, 0.6) is 0 Å². The predicted octanol–water partition coefficient (Wildman–Crippen LogP) is 3.20. The van der Waals surface area contributed by atoms with Gasteiger partial charge in [0.1, 0.15) is 5.84 Å². The number of hydrazone groups is 1. The minimum Gasteiger partial charge on any atom is -0.305 e. The molecule has 0 unspecified atom stereocenters. The lowest BCUT2D eigenvalue weighted by Crippen LogP contribution is -2.40. The lowest BCUT2D eigenvalue weighted by molar-refractivity contribution is -0.171. The third-order valence-electron chi connectivity index (χ3n) is 2.52. The van der Waals surface area contributed by atoms with Crippen molar-refractivity contribution < 1.29 is 18.0 Å². The number of amides is 1. The van der Waals surface area contributed by atoms with Gasteiger partial charge in [-0.05, 0) is 18.2 Å². The number of benzene rings is 1. The summed E-state index contributed by atoms with van der Waals surface area (Å²) >= 11 is 11.6. The molecule has 0 saturated carbocycles. The molecule has 0 fully saturated rings. The van der Waals surface area contributed by atoms with Gasteiger partial charge < -0.3 is 5.32 Å². The van der Waals surface area contributed by atoms with Crippen molar-refractivity contribution in [2.75, 3.05) is 11.6 Å². The highest BCUT2D eigenvalue weighted by Crippen LogP contribution is 2.28. The van der Waals surface area contributed by atoms with Gasteiger partial charge in [0.2, 0.25) is 0 Å². The summed E-state index contributed by atoms with van der Waals surface area (Å²) in [7, 11) is 0. The molecule has 1 aromatic carbocycles.